The monoisotopic (exact) mass is 342 g/mol. The third-order valence-corrected chi connectivity index (χ3v) is 4.40. The SMILES string of the molecule is CCOc1cccc(C[NH2+]C[C@H]2CCCO2)c1OCc1ccccc1. The lowest BCUT2D eigenvalue weighted by Crippen LogP contribution is -2.84. The molecule has 25 heavy (non-hydrogen) atoms. The average molecular weight is 342 g/mol. The van der Waals surface area contributed by atoms with Crippen molar-refractivity contribution in [3.63, 3.8) is 0 Å². The first kappa shape index (κ1) is 17.8. The van der Waals surface area contributed by atoms with Crippen LogP contribution >= 0.6 is 0 Å². The molecule has 0 aliphatic carbocycles. The molecule has 2 aromatic rings. The van der Waals surface area contributed by atoms with Gasteiger partial charge in [0.1, 0.15) is 25.8 Å². The molecular weight excluding hydrogens is 314 g/mol. The molecule has 0 spiro atoms. The van der Waals surface area contributed by atoms with Gasteiger partial charge in [0.05, 0.1) is 12.2 Å². The van der Waals surface area contributed by atoms with Gasteiger partial charge in [0.25, 0.3) is 0 Å². The maximum absolute atomic E-state index is 6.15. The van der Waals surface area contributed by atoms with Gasteiger partial charge in [-0.3, -0.25) is 0 Å². The Bertz CT molecular complexity index is 639. The van der Waals surface area contributed by atoms with Crippen LogP contribution in [0.4, 0.5) is 0 Å². The van der Waals surface area contributed by atoms with E-state index in [1.54, 1.807) is 0 Å². The molecule has 0 bridgehead atoms. The van der Waals surface area contributed by atoms with Gasteiger partial charge in [-0.2, -0.15) is 0 Å². The Labute approximate surface area is 150 Å². The molecule has 3 rings (SSSR count). The second-order valence-corrected chi connectivity index (χ2v) is 6.32. The van der Waals surface area contributed by atoms with Gasteiger partial charge in [-0.25, -0.2) is 0 Å². The number of benzene rings is 2. The Balaban J connectivity index is 1.66. The summed E-state index contributed by atoms with van der Waals surface area (Å²) in [6.45, 7) is 5.94. The van der Waals surface area contributed by atoms with Gasteiger partial charge in [0, 0.05) is 6.61 Å². The van der Waals surface area contributed by atoms with Crippen molar-refractivity contribution in [3.05, 3.63) is 59.7 Å². The highest BCUT2D eigenvalue weighted by Gasteiger charge is 2.18. The standard InChI is InChI=1S/C21H27NO3/c1-2-23-20-12-6-10-18(14-22-15-19-11-7-13-24-19)21(20)25-16-17-8-4-3-5-9-17/h3-6,8-10,12,19,22H,2,7,11,13-16H2,1H3/p+1/t19-/m1/s1. The molecule has 0 unspecified atom stereocenters. The Kier molecular flexibility index (Phi) is 6.71. The molecule has 0 aromatic heterocycles. The van der Waals surface area contributed by atoms with Crippen LogP contribution in [0.25, 0.3) is 0 Å². The van der Waals surface area contributed by atoms with E-state index >= 15 is 0 Å². The van der Waals surface area contributed by atoms with Crippen molar-refractivity contribution in [3.8, 4) is 11.5 Å². The smallest absolute Gasteiger partial charge is 0.170 e. The van der Waals surface area contributed by atoms with Crippen LogP contribution in [-0.4, -0.2) is 25.9 Å². The van der Waals surface area contributed by atoms with Gasteiger partial charge in [0.2, 0.25) is 0 Å². The Morgan fingerprint density at radius 2 is 1.96 bits per heavy atom. The molecule has 1 aliphatic heterocycles. The summed E-state index contributed by atoms with van der Waals surface area (Å²) in [6.07, 6.45) is 2.75. The lowest BCUT2D eigenvalue weighted by molar-refractivity contribution is -0.676. The van der Waals surface area contributed by atoms with E-state index in [1.165, 1.54) is 18.4 Å². The van der Waals surface area contributed by atoms with E-state index in [4.69, 9.17) is 14.2 Å². The van der Waals surface area contributed by atoms with E-state index in [9.17, 15) is 0 Å². The molecule has 0 amide bonds. The Hall–Kier alpha value is -2.04. The minimum Gasteiger partial charge on any atom is -0.490 e. The molecule has 1 aliphatic rings. The number of para-hydroxylation sites is 1. The minimum absolute atomic E-state index is 0.392. The zero-order chi connectivity index (χ0) is 17.3. The summed E-state index contributed by atoms with van der Waals surface area (Å²) in [5.74, 6) is 1.68. The number of quaternary nitrogens is 1. The summed E-state index contributed by atoms with van der Waals surface area (Å²) in [6, 6.07) is 16.4. The molecule has 4 nitrogen and oxygen atoms in total. The van der Waals surface area contributed by atoms with Crippen LogP contribution in [-0.2, 0) is 17.9 Å². The van der Waals surface area contributed by atoms with Crippen LogP contribution in [0.15, 0.2) is 48.5 Å². The molecule has 1 atom stereocenters. The van der Waals surface area contributed by atoms with Crippen molar-refractivity contribution in [2.24, 2.45) is 0 Å². The normalized spacial score (nSPS) is 16.8. The summed E-state index contributed by atoms with van der Waals surface area (Å²) in [4.78, 5) is 0. The maximum Gasteiger partial charge on any atom is 0.170 e. The fraction of sp³-hybridized carbons (Fsp3) is 0.429. The van der Waals surface area contributed by atoms with Crippen LogP contribution in [0.3, 0.4) is 0 Å². The second-order valence-electron chi connectivity index (χ2n) is 6.32. The number of hydrogen-bond donors (Lipinski definition) is 1. The van der Waals surface area contributed by atoms with Gasteiger partial charge in [-0.15, -0.1) is 0 Å². The lowest BCUT2D eigenvalue weighted by Gasteiger charge is -2.16. The number of ether oxygens (including phenoxy) is 3. The van der Waals surface area contributed by atoms with Crippen LogP contribution < -0.4 is 14.8 Å². The van der Waals surface area contributed by atoms with E-state index in [0.29, 0.717) is 19.3 Å². The fourth-order valence-electron chi connectivity index (χ4n) is 3.14. The van der Waals surface area contributed by atoms with Crippen LogP contribution in [0.1, 0.15) is 30.9 Å². The van der Waals surface area contributed by atoms with Gasteiger partial charge in [0.15, 0.2) is 11.5 Å². The first-order chi connectivity index (χ1) is 12.4. The highest BCUT2D eigenvalue weighted by atomic mass is 16.5. The highest BCUT2D eigenvalue weighted by molar-refractivity contribution is 5.46. The molecule has 1 heterocycles. The van der Waals surface area contributed by atoms with Gasteiger partial charge in [-0.05, 0) is 37.5 Å². The van der Waals surface area contributed by atoms with Crippen LogP contribution in [0, 0.1) is 0 Å². The molecule has 2 N–H and O–H groups in total. The summed E-state index contributed by atoms with van der Waals surface area (Å²) >= 11 is 0. The molecule has 134 valence electrons. The van der Waals surface area contributed by atoms with E-state index in [2.05, 4.69) is 23.5 Å². The molecule has 2 aromatic carbocycles. The van der Waals surface area contributed by atoms with Crippen molar-refractivity contribution in [1.82, 2.24) is 0 Å². The van der Waals surface area contributed by atoms with Crippen LogP contribution in [0.5, 0.6) is 11.5 Å². The number of nitrogens with two attached hydrogens (primary N) is 1. The number of rotatable bonds is 9. The van der Waals surface area contributed by atoms with E-state index < -0.39 is 0 Å². The zero-order valence-electron chi connectivity index (χ0n) is 14.9. The van der Waals surface area contributed by atoms with Crippen molar-refractivity contribution in [2.75, 3.05) is 19.8 Å². The third-order valence-electron chi connectivity index (χ3n) is 4.40. The average Bonchev–Trinajstić information content (AvgIpc) is 3.16. The molecule has 0 saturated carbocycles. The van der Waals surface area contributed by atoms with Gasteiger partial charge >= 0.3 is 0 Å². The predicted octanol–water partition coefficient (Wildman–Crippen LogP) is 2.91. The first-order valence-electron chi connectivity index (χ1n) is 9.21. The lowest BCUT2D eigenvalue weighted by atomic mass is 10.1. The molecule has 0 radical (unpaired) electrons. The Morgan fingerprint density at radius 1 is 1.08 bits per heavy atom. The van der Waals surface area contributed by atoms with Crippen molar-refractivity contribution in [2.45, 2.75) is 39.0 Å². The highest BCUT2D eigenvalue weighted by Crippen LogP contribution is 2.31. The van der Waals surface area contributed by atoms with E-state index in [-0.39, 0.29) is 0 Å². The van der Waals surface area contributed by atoms with Crippen molar-refractivity contribution < 1.29 is 19.5 Å². The first-order valence-corrected chi connectivity index (χ1v) is 9.21. The molecule has 1 fully saturated rings. The quantitative estimate of drug-likeness (QED) is 0.762. The molecule has 1 saturated heterocycles. The Morgan fingerprint density at radius 3 is 2.72 bits per heavy atom. The second kappa shape index (κ2) is 9.44. The molecular formula is C21H28NO3+. The number of hydrogen-bond acceptors (Lipinski definition) is 3. The largest absolute Gasteiger partial charge is 0.490 e. The van der Waals surface area contributed by atoms with Crippen LogP contribution in [0.2, 0.25) is 0 Å². The minimum atomic E-state index is 0.392. The van der Waals surface area contributed by atoms with E-state index in [0.717, 1.165) is 36.8 Å². The van der Waals surface area contributed by atoms with Gasteiger partial charge < -0.3 is 19.5 Å². The summed E-state index contributed by atoms with van der Waals surface area (Å²) < 4.78 is 17.6. The summed E-state index contributed by atoms with van der Waals surface area (Å²) in [7, 11) is 0. The zero-order valence-corrected chi connectivity index (χ0v) is 14.9. The van der Waals surface area contributed by atoms with Crippen molar-refractivity contribution in [1.29, 1.82) is 0 Å². The maximum atomic E-state index is 6.15. The summed E-state index contributed by atoms with van der Waals surface area (Å²) in [5, 5.41) is 2.30. The molecule has 4 heteroatoms. The van der Waals surface area contributed by atoms with E-state index in [1.807, 2.05) is 37.3 Å². The predicted molar refractivity (Wildman–Crippen MR) is 97.9 cm³/mol. The summed E-state index contributed by atoms with van der Waals surface area (Å²) in [5.41, 5.74) is 2.32. The third kappa shape index (κ3) is 5.21. The van der Waals surface area contributed by atoms with Crippen molar-refractivity contribution >= 4 is 0 Å². The topological polar surface area (TPSA) is 44.3 Å². The van der Waals surface area contributed by atoms with Gasteiger partial charge in [-0.1, -0.05) is 36.4 Å². The fourth-order valence-corrected chi connectivity index (χ4v) is 3.14.